The number of aliphatic carboxylic acids is 1. The molecule has 0 saturated carbocycles. The number of carbonyl (C=O) groups is 3. The van der Waals surface area contributed by atoms with Crippen molar-refractivity contribution in [2.24, 2.45) is 5.41 Å². The second-order valence-corrected chi connectivity index (χ2v) is 7.19. The monoisotopic (exact) mass is 345 g/mol. The van der Waals surface area contributed by atoms with E-state index in [0.717, 1.165) is 18.5 Å². The third kappa shape index (κ3) is 3.36. The molecule has 3 heterocycles. The molecule has 2 aliphatic rings. The summed E-state index contributed by atoms with van der Waals surface area (Å²) in [7, 11) is 0. The van der Waals surface area contributed by atoms with Gasteiger partial charge in [0.25, 0.3) is 5.91 Å². The minimum atomic E-state index is -0.973. The van der Waals surface area contributed by atoms with Crippen LogP contribution in [0.4, 0.5) is 0 Å². The van der Waals surface area contributed by atoms with Gasteiger partial charge >= 0.3 is 5.97 Å². The summed E-state index contributed by atoms with van der Waals surface area (Å²) < 4.78 is 0. The van der Waals surface area contributed by atoms with Crippen LogP contribution in [0.25, 0.3) is 0 Å². The molecular weight excluding hydrogens is 322 g/mol. The Balaban J connectivity index is 1.79. The quantitative estimate of drug-likeness (QED) is 0.873. The summed E-state index contributed by atoms with van der Waals surface area (Å²) in [6.07, 6.45) is 3.40. The number of likely N-dealkylation sites (tertiary alicyclic amines) is 2. The topological polar surface area (TPSA) is 90.8 Å². The van der Waals surface area contributed by atoms with Crippen LogP contribution in [0.1, 0.15) is 42.2 Å². The highest BCUT2D eigenvalue weighted by Gasteiger charge is 2.50. The Morgan fingerprint density at radius 3 is 2.44 bits per heavy atom. The Labute approximate surface area is 146 Å². The maximum Gasteiger partial charge on any atom is 0.326 e. The van der Waals surface area contributed by atoms with Crippen LogP contribution >= 0.6 is 0 Å². The number of aryl methyl sites for hydroxylation is 1. The van der Waals surface area contributed by atoms with Gasteiger partial charge < -0.3 is 14.9 Å². The van der Waals surface area contributed by atoms with Gasteiger partial charge in [0.15, 0.2) is 0 Å². The van der Waals surface area contributed by atoms with Crippen LogP contribution in [0.3, 0.4) is 0 Å². The number of amides is 2. The van der Waals surface area contributed by atoms with Crippen LogP contribution < -0.4 is 0 Å². The Morgan fingerprint density at radius 1 is 1.24 bits per heavy atom. The average Bonchev–Trinajstić information content (AvgIpc) is 2.95. The lowest BCUT2D eigenvalue weighted by atomic mass is 9.76. The SMILES string of the molecule is CC(=O)N1CCC2(CC1)CC(C(=O)O)N(C(=O)c1ccc(C)nc1)C2. The van der Waals surface area contributed by atoms with E-state index in [1.807, 2.05) is 6.92 Å². The second-order valence-electron chi connectivity index (χ2n) is 7.19. The lowest BCUT2D eigenvalue weighted by molar-refractivity contribution is -0.141. The van der Waals surface area contributed by atoms with Gasteiger partial charge in [0.2, 0.25) is 5.91 Å². The number of nitrogens with zero attached hydrogens (tertiary/aromatic N) is 3. The van der Waals surface area contributed by atoms with Gasteiger partial charge in [-0.1, -0.05) is 0 Å². The molecule has 3 rings (SSSR count). The molecule has 7 nitrogen and oxygen atoms in total. The first-order valence-corrected chi connectivity index (χ1v) is 8.53. The lowest BCUT2D eigenvalue weighted by Crippen LogP contribution is -2.44. The molecule has 0 radical (unpaired) electrons. The highest BCUT2D eigenvalue weighted by Crippen LogP contribution is 2.44. The van der Waals surface area contributed by atoms with Crippen LogP contribution in [0.2, 0.25) is 0 Å². The molecule has 134 valence electrons. The molecule has 0 aliphatic carbocycles. The summed E-state index contributed by atoms with van der Waals surface area (Å²) in [5.74, 6) is -1.22. The molecule has 2 saturated heterocycles. The fourth-order valence-corrected chi connectivity index (χ4v) is 3.91. The van der Waals surface area contributed by atoms with Crippen LogP contribution in [-0.4, -0.2) is 63.4 Å². The van der Waals surface area contributed by atoms with E-state index in [-0.39, 0.29) is 17.2 Å². The van der Waals surface area contributed by atoms with Gasteiger partial charge in [-0.05, 0) is 43.7 Å². The molecule has 1 aromatic rings. The molecule has 1 atom stereocenters. The molecule has 2 fully saturated rings. The molecule has 7 heteroatoms. The fourth-order valence-electron chi connectivity index (χ4n) is 3.91. The lowest BCUT2D eigenvalue weighted by Gasteiger charge is -2.38. The summed E-state index contributed by atoms with van der Waals surface area (Å²) in [5.41, 5.74) is 0.999. The van der Waals surface area contributed by atoms with E-state index < -0.39 is 12.0 Å². The first-order valence-electron chi connectivity index (χ1n) is 8.53. The Morgan fingerprint density at radius 2 is 1.92 bits per heavy atom. The van der Waals surface area contributed by atoms with Gasteiger partial charge in [0.05, 0.1) is 5.56 Å². The normalized spacial score (nSPS) is 22.2. The largest absolute Gasteiger partial charge is 0.480 e. The minimum Gasteiger partial charge on any atom is -0.480 e. The van der Waals surface area contributed by atoms with Crippen LogP contribution in [0.5, 0.6) is 0 Å². The molecule has 2 amide bonds. The van der Waals surface area contributed by atoms with Gasteiger partial charge in [0.1, 0.15) is 6.04 Å². The van der Waals surface area contributed by atoms with E-state index >= 15 is 0 Å². The summed E-state index contributed by atoms with van der Waals surface area (Å²) in [6, 6.07) is 2.62. The first kappa shape index (κ1) is 17.4. The van der Waals surface area contributed by atoms with E-state index in [2.05, 4.69) is 4.98 Å². The second kappa shape index (κ2) is 6.46. The van der Waals surface area contributed by atoms with Gasteiger partial charge in [-0.2, -0.15) is 0 Å². The van der Waals surface area contributed by atoms with E-state index in [9.17, 15) is 19.5 Å². The number of aromatic nitrogens is 1. The van der Waals surface area contributed by atoms with Gasteiger partial charge in [-0.3, -0.25) is 14.6 Å². The number of rotatable bonds is 2. The highest BCUT2D eigenvalue weighted by molar-refractivity contribution is 5.96. The van der Waals surface area contributed by atoms with Crippen molar-refractivity contribution >= 4 is 17.8 Å². The summed E-state index contributed by atoms with van der Waals surface area (Å²) in [6.45, 7) is 5.04. The number of hydrogen-bond donors (Lipinski definition) is 1. The smallest absolute Gasteiger partial charge is 0.326 e. The van der Waals surface area contributed by atoms with E-state index in [0.29, 0.717) is 31.6 Å². The van der Waals surface area contributed by atoms with Crippen molar-refractivity contribution < 1.29 is 19.5 Å². The first-order chi connectivity index (χ1) is 11.8. The number of hydrogen-bond acceptors (Lipinski definition) is 4. The zero-order valence-electron chi connectivity index (χ0n) is 14.6. The number of piperidine rings is 1. The minimum absolute atomic E-state index is 0.0429. The summed E-state index contributed by atoms with van der Waals surface area (Å²) in [5, 5.41) is 9.60. The van der Waals surface area contributed by atoms with Crippen molar-refractivity contribution in [3.8, 4) is 0 Å². The number of carboxylic acid groups (broad SMARTS) is 1. The third-order valence-electron chi connectivity index (χ3n) is 5.48. The summed E-state index contributed by atoms with van der Waals surface area (Å²) >= 11 is 0. The van der Waals surface area contributed by atoms with Gasteiger partial charge in [-0.25, -0.2) is 4.79 Å². The number of pyridine rings is 1. The Hall–Kier alpha value is -2.44. The zero-order valence-corrected chi connectivity index (χ0v) is 14.6. The van der Waals surface area contributed by atoms with Crippen molar-refractivity contribution in [1.29, 1.82) is 0 Å². The van der Waals surface area contributed by atoms with E-state index in [1.165, 1.54) is 11.1 Å². The van der Waals surface area contributed by atoms with Gasteiger partial charge in [0, 0.05) is 38.4 Å². The predicted molar refractivity (Wildman–Crippen MR) is 90.0 cm³/mol. The Bertz CT molecular complexity index is 693. The predicted octanol–water partition coefficient (Wildman–Crippen LogP) is 1.32. The van der Waals surface area contributed by atoms with Crippen molar-refractivity contribution in [2.45, 2.75) is 39.2 Å². The number of carboxylic acids is 1. The van der Waals surface area contributed by atoms with Crippen molar-refractivity contribution in [3.05, 3.63) is 29.6 Å². The zero-order chi connectivity index (χ0) is 18.2. The summed E-state index contributed by atoms with van der Waals surface area (Å²) in [4.78, 5) is 43.5. The van der Waals surface area contributed by atoms with E-state index in [4.69, 9.17) is 0 Å². The molecule has 0 bridgehead atoms. The highest BCUT2D eigenvalue weighted by atomic mass is 16.4. The van der Waals surface area contributed by atoms with Crippen LogP contribution in [0.15, 0.2) is 18.3 Å². The van der Waals surface area contributed by atoms with Gasteiger partial charge in [-0.15, -0.1) is 0 Å². The molecule has 1 spiro atoms. The molecule has 25 heavy (non-hydrogen) atoms. The molecule has 2 aliphatic heterocycles. The van der Waals surface area contributed by atoms with Crippen molar-refractivity contribution in [1.82, 2.24) is 14.8 Å². The Kier molecular flexibility index (Phi) is 4.49. The van der Waals surface area contributed by atoms with E-state index in [1.54, 1.807) is 24.0 Å². The molecule has 1 unspecified atom stereocenters. The van der Waals surface area contributed by atoms with Crippen LogP contribution in [-0.2, 0) is 9.59 Å². The maximum absolute atomic E-state index is 12.8. The molecular formula is C18H23N3O4. The maximum atomic E-state index is 12.8. The standard InChI is InChI=1S/C18H23N3O4/c1-12-3-4-14(10-19-12)16(23)21-11-18(9-15(21)17(24)25)5-7-20(8-6-18)13(2)22/h3-4,10,15H,5-9,11H2,1-2H3,(H,24,25). The van der Waals surface area contributed by atoms with Crippen molar-refractivity contribution in [3.63, 3.8) is 0 Å². The fraction of sp³-hybridized carbons (Fsp3) is 0.556. The van der Waals surface area contributed by atoms with Crippen LogP contribution in [0, 0.1) is 12.3 Å². The average molecular weight is 345 g/mol. The molecule has 0 aromatic carbocycles. The molecule has 1 aromatic heterocycles. The number of carbonyl (C=O) groups excluding carboxylic acids is 2. The molecule has 1 N–H and O–H groups in total. The van der Waals surface area contributed by atoms with Crippen molar-refractivity contribution in [2.75, 3.05) is 19.6 Å². The third-order valence-corrected chi connectivity index (χ3v) is 5.48.